The van der Waals surface area contributed by atoms with E-state index < -0.39 is 0 Å². The van der Waals surface area contributed by atoms with E-state index in [9.17, 15) is 9.90 Å². The molecule has 1 aromatic carbocycles. The summed E-state index contributed by atoms with van der Waals surface area (Å²) in [5.41, 5.74) is 2.29. The molecule has 0 bridgehead atoms. The number of para-hydroxylation sites is 1. The normalized spacial score (nSPS) is 22.3. The second kappa shape index (κ2) is 6.50. The van der Waals surface area contributed by atoms with Gasteiger partial charge in [0, 0.05) is 42.7 Å². The van der Waals surface area contributed by atoms with Crippen molar-refractivity contribution in [2.75, 3.05) is 20.1 Å². The van der Waals surface area contributed by atoms with E-state index in [0.29, 0.717) is 19.5 Å². The molecular weight excluding hydrogens is 278 g/mol. The maximum absolute atomic E-state index is 12.0. The summed E-state index contributed by atoms with van der Waals surface area (Å²) in [6.45, 7) is 1.30. The molecule has 1 fully saturated rings. The number of H-pyrrole nitrogens is 1. The van der Waals surface area contributed by atoms with Gasteiger partial charge in [-0.25, -0.2) is 0 Å². The third-order valence-corrected chi connectivity index (χ3v) is 4.50. The lowest BCUT2D eigenvalue weighted by Crippen LogP contribution is -2.38. The van der Waals surface area contributed by atoms with Crippen molar-refractivity contribution in [2.24, 2.45) is 0 Å². The first-order valence-electron chi connectivity index (χ1n) is 7.83. The van der Waals surface area contributed by atoms with Crippen molar-refractivity contribution in [2.45, 2.75) is 31.4 Å². The predicted molar refractivity (Wildman–Crippen MR) is 86.7 cm³/mol. The number of likely N-dealkylation sites (tertiary alicyclic amines) is 1. The number of nitrogens with zero attached hydrogens (tertiary/aromatic N) is 1. The highest BCUT2D eigenvalue weighted by molar-refractivity contribution is 5.84. The smallest absolute Gasteiger partial charge is 0.220 e. The van der Waals surface area contributed by atoms with E-state index in [0.717, 1.165) is 18.4 Å². The Hall–Kier alpha value is -1.85. The van der Waals surface area contributed by atoms with Gasteiger partial charge in [0.05, 0.1) is 6.10 Å². The maximum atomic E-state index is 12.0. The number of hydrogen-bond donors (Lipinski definition) is 3. The average molecular weight is 301 g/mol. The van der Waals surface area contributed by atoms with Crippen molar-refractivity contribution in [3.8, 4) is 0 Å². The fraction of sp³-hybridized carbons (Fsp3) is 0.471. The number of likely N-dealkylation sites (N-methyl/N-ethyl adjacent to an activating group) is 1. The summed E-state index contributed by atoms with van der Waals surface area (Å²) in [6.07, 6.45) is 3.68. The molecule has 3 rings (SSSR count). The Morgan fingerprint density at radius 2 is 2.27 bits per heavy atom. The van der Waals surface area contributed by atoms with Gasteiger partial charge in [-0.05, 0) is 31.5 Å². The maximum Gasteiger partial charge on any atom is 0.220 e. The number of aliphatic hydroxyl groups excluding tert-OH is 1. The van der Waals surface area contributed by atoms with Crippen LogP contribution in [0.25, 0.3) is 10.9 Å². The van der Waals surface area contributed by atoms with Gasteiger partial charge in [-0.2, -0.15) is 0 Å². The fourth-order valence-electron chi connectivity index (χ4n) is 3.20. The summed E-state index contributed by atoms with van der Waals surface area (Å²) in [5, 5.41) is 13.8. The minimum atomic E-state index is -0.266. The molecule has 1 saturated heterocycles. The molecule has 5 heteroatoms. The molecule has 0 aliphatic carbocycles. The number of nitrogens with one attached hydrogen (secondary N) is 2. The van der Waals surface area contributed by atoms with Crippen LogP contribution in [-0.2, 0) is 11.2 Å². The molecule has 3 N–H and O–H groups in total. The van der Waals surface area contributed by atoms with Gasteiger partial charge in [-0.15, -0.1) is 0 Å². The van der Waals surface area contributed by atoms with Gasteiger partial charge in [0.1, 0.15) is 0 Å². The van der Waals surface area contributed by atoms with Crippen molar-refractivity contribution in [3.63, 3.8) is 0 Å². The van der Waals surface area contributed by atoms with Gasteiger partial charge >= 0.3 is 0 Å². The summed E-state index contributed by atoms with van der Waals surface area (Å²) in [4.78, 5) is 17.4. The highest BCUT2D eigenvalue weighted by Crippen LogP contribution is 2.19. The number of aliphatic hydroxyl groups is 1. The minimum Gasteiger partial charge on any atom is -0.392 e. The van der Waals surface area contributed by atoms with Gasteiger partial charge in [0.15, 0.2) is 0 Å². The predicted octanol–water partition coefficient (Wildman–Crippen LogP) is 1.28. The molecular formula is C17H23N3O2. The van der Waals surface area contributed by atoms with Crippen LogP contribution in [-0.4, -0.2) is 53.2 Å². The fourth-order valence-corrected chi connectivity index (χ4v) is 3.20. The number of aryl methyl sites for hydroxylation is 1. The number of amides is 1. The van der Waals surface area contributed by atoms with Gasteiger partial charge in [0.25, 0.3) is 0 Å². The van der Waals surface area contributed by atoms with Crippen molar-refractivity contribution in [3.05, 3.63) is 36.0 Å². The van der Waals surface area contributed by atoms with Crippen LogP contribution in [0.3, 0.4) is 0 Å². The number of fused-ring (bicyclic) bond motifs is 1. The van der Waals surface area contributed by atoms with E-state index in [1.165, 1.54) is 10.9 Å². The number of aromatic amines is 1. The molecule has 118 valence electrons. The highest BCUT2D eigenvalue weighted by atomic mass is 16.3. The van der Waals surface area contributed by atoms with E-state index >= 15 is 0 Å². The first-order valence-corrected chi connectivity index (χ1v) is 7.83. The van der Waals surface area contributed by atoms with Crippen LogP contribution in [0.15, 0.2) is 30.5 Å². The van der Waals surface area contributed by atoms with Crippen LogP contribution in [0.2, 0.25) is 0 Å². The van der Waals surface area contributed by atoms with Gasteiger partial charge in [-0.3, -0.25) is 9.69 Å². The zero-order valence-corrected chi connectivity index (χ0v) is 12.9. The van der Waals surface area contributed by atoms with Gasteiger partial charge in [0.2, 0.25) is 5.91 Å². The lowest BCUT2D eigenvalue weighted by Gasteiger charge is -2.19. The lowest BCUT2D eigenvalue weighted by atomic mass is 10.1. The molecule has 5 nitrogen and oxygen atoms in total. The minimum absolute atomic E-state index is 0.0695. The molecule has 2 atom stereocenters. The number of β-amino-alcohol motifs (C(OH)–C–C–N with tert-alkyl or cyclic N) is 1. The first-order chi connectivity index (χ1) is 10.6. The summed E-state index contributed by atoms with van der Waals surface area (Å²) in [5.74, 6) is 0.0695. The average Bonchev–Trinajstić information content (AvgIpc) is 3.06. The Bertz CT molecular complexity index is 652. The summed E-state index contributed by atoms with van der Waals surface area (Å²) in [6, 6.07) is 8.38. The van der Waals surface area contributed by atoms with Crippen LogP contribution in [0, 0.1) is 0 Å². The Balaban J connectivity index is 1.48. The van der Waals surface area contributed by atoms with Crippen molar-refractivity contribution < 1.29 is 9.90 Å². The van der Waals surface area contributed by atoms with E-state index in [-0.39, 0.29) is 18.1 Å². The van der Waals surface area contributed by atoms with E-state index in [1.54, 1.807) is 0 Å². The number of aromatic nitrogens is 1. The number of hydrogen-bond acceptors (Lipinski definition) is 3. The molecule has 2 aromatic rings. The van der Waals surface area contributed by atoms with E-state index in [2.05, 4.69) is 21.3 Å². The summed E-state index contributed by atoms with van der Waals surface area (Å²) < 4.78 is 0. The van der Waals surface area contributed by atoms with Crippen LogP contribution < -0.4 is 5.32 Å². The van der Waals surface area contributed by atoms with Crippen molar-refractivity contribution in [1.82, 2.24) is 15.2 Å². The molecule has 1 aliphatic heterocycles. The number of carbonyl (C=O) groups excluding carboxylic acids is 1. The lowest BCUT2D eigenvalue weighted by molar-refractivity contribution is -0.121. The SMILES string of the molecule is CN1CC(O)CC1CNC(=O)CCc1c[nH]c2ccccc12. The number of carbonyl (C=O) groups is 1. The molecule has 22 heavy (non-hydrogen) atoms. The van der Waals surface area contributed by atoms with Crippen molar-refractivity contribution >= 4 is 16.8 Å². The first kappa shape index (κ1) is 15.1. The van der Waals surface area contributed by atoms with E-state index in [4.69, 9.17) is 0 Å². The summed E-state index contributed by atoms with van der Waals surface area (Å²) in [7, 11) is 1.99. The molecule has 0 saturated carbocycles. The zero-order valence-electron chi connectivity index (χ0n) is 12.9. The zero-order chi connectivity index (χ0) is 15.5. The van der Waals surface area contributed by atoms with Gasteiger partial charge < -0.3 is 15.4 Å². The largest absolute Gasteiger partial charge is 0.392 e. The third-order valence-electron chi connectivity index (χ3n) is 4.50. The molecule has 0 radical (unpaired) electrons. The number of rotatable bonds is 5. The van der Waals surface area contributed by atoms with Crippen LogP contribution in [0.4, 0.5) is 0 Å². The highest BCUT2D eigenvalue weighted by Gasteiger charge is 2.27. The van der Waals surface area contributed by atoms with Crippen LogP contribution in [0.5, 0.6) is 0 Å². The quantitative estimate of drug-likeness (QED) is 0.779. The summed E-state index contributed by atoms with van der Waals surface area (Å²) >= 11 is 0. The molecule has 1 aromatic heterocycles. The Morgan fingerprint density at radius 3 is 3.05 bits per heavy atom. The Labute approximate surface area is 130 Å². The molecule has 2 heterocycles. The molecule has 1 aliphatic rings. The Morgan fingerprint density at radius 1 is 1.45 bits per heavy atom. The van der Waals surface area contributed by atoms with E-state index in [1.807, 2.05) is 31.4 Å². The third kappa shape index (κ3) is 3.31. The van der Waals surface area contributed by atoms with Crippen LogP contribution >= 0.6 is 0 Å². The second-order valence-electron chi connectivity index (χ2n) is 6.15. The van der Waals surface area contributed by atoms with Crippen LogP contribution in [0.1, 0.15) is 18.4 Å². The standard InChI is InChI=1S/C17H23N3O2/c1-20-11-14(21)8-13(20)10-19-17(22)7-6-12-9-18-16-5-3-2-4-15(12)16/h2-5,9,13-14,18,21H,6-8,10-11H2,1H3,(H,19,22). The second-order valence-corrected chi connectivity index (χ2v) is 6.15. The Kier molecular flexibility index (Phi) is 4.45. The monoisotopic (exact) mass is 301 g/mol. The molecule has 2 unspecified atom stereocenters. The van der Waals surface area contributed by atoms with Gasteiger partial charge in [-0.1, -0.05) is 18.2 Å². The topological polar surface area (TPSA) is 68.4 Å². The van der Waals surface area contributed by atoms with Crippen molar-refractivity contribution in [1.29, 1.82) is 0 Å². The molecule has 0 spiro atoms. The number of benzene rings is 1. The molecule has 1 amide bonds.